The molecule has 17 heavy (non-hydrogen) atoms. The number of benzene rings is 1. The van der Waals surface area contributed by atoms with Gasteiger partial charge in [-0.05, 0) is 51.8 Å². The lowest BCUT2D eigenvalue weighted by Gasteiger charge is -2.32. The average molecular weight is 232 g/mol. The van der Waals surface area contributed by atoms with Crippen molar-refractivity contribution in [3.8, 4) is 0 Å². The van der Waals surface area contributed by atoms with Crippen LogP contribution in [-0.2, 0) is 6.42 Å². The lowest BCUT2D eigenvalue weighted by atomic mass is 9.99. The number of rotatable bonds is 4. The van der Waals surface area contributed by atoms with Crippen LogP contribution < -0.4 is 10.2 Å². The van der Waals surface area contributed by atoms with Crippen LogP contribution in [0.2, 0.25) is 0 Å². The van der Waals surface area contributed by atoms with Gasteiger partial charge in [-0.15, -0.1) is 0 Å². The van der Waals surface area contributed by atoms with Crippen molar-refractivity contribution in [2.45, 2.75) is 39.2 Å². The summed E-state index contributed by atoms with van der Waals surface area (Å²) in [6, 6.07) is 7.49. The second-order valence-corrected chi connectivity index (χ2v) is 5.20. The molecule has 1 aliphatic rings. The van der Waals surface area contributed by atoms with Crippen molar-refractivity contribution in [1.82, 2.24) is 5.32 Å². The van der Waals surface area contributed by atoms with Crippen molar-refractivity contribution < 1.29 is 0 Å². The lowest BCUT2D eigenvalue weighted by molar-refractivity contribution is 0.547. The van der Waals surface area contributed by atoms with Crippen molar-refractivity contribution in [1.29, 1.82) is 0 Å². The summed E-state index contributed by atoms with van der Waals surface area (Å²) in [7, 11) is 2.04. The highest BCUT2D eigenvalue weighted by atomic mass is 15.1. The van der Waals surface area contributed by atoms with Gasteiger partial charge < -0.3 is 10.2 Å². The van der Waals surface area contributed by atoms with Gasteiger partial charge in [-0.25, -0.2) is 0 Å². The summed E-state index contributed by atoms with van der Waals surface area (Å²) in [5.41, 5.74) is 4.38. The van der Waals surface area contributed by atoms with E-state index in [1.54, 1.807) is 0 Å². The van der Waals surface area contributed by atoms with Crippen LogP contribution in [0.3, 0.4) is 0 Å². The minimum atomic E-state index is 0.603. The minimum absolute atomic E-state index is 0.603. The Morgan fingerprint density at radius 2 is 2.24 bits per heavy atom. The van der Waals surface area contributed by atoms with Crippen molar-refractivity contribution >= 4 is 5.69 Å². The van der Waals surface area contributed by atoms with E-state index < -0.39 is 0 Å². The van der Waals surface area contributed by atoms with E-state index >= 15 is 0 Å². The molecule has 0 aromatic heterocycles. The van der Waals surface area contributed by atoms with E-state index in [9.17, 15) is 0 Å². The Morgan fingerprint density at radius 1 is 1.41 bits per heavy atom. The first kappa shape index (κ1) is 12.4. The third-order valence-corrected chi connectivity index (χ3v) is 3.77. The zero-order chi connectivity index (χ0) is 12.3. The number of aryl methyl sites for hydroxylation is 2. The maximum atomic E-state index is 3.31. The number of hydrogen-bond acceptors (Lipinski definition) is 2. The summed E-state index contributed by atoms with van der Waals surface area (Å²) in [6.45, 7) is 6.81. The van der Waals surface area contributed by atoms with Gasteiger partial charge in [0.05, 0.1) is 0 Å². The summed E-state index contributed by atoms with van der Waals surface area (Å²) in [5.74, 6) is 0. The summed E-state index contributed by atoms with van der Waals surface area (Å²) in [4.78, 5) is 2.55. The van der Waals surface area contributed by atoms with Crippen LogP contribution in [0.15, 0.2) is 18.2 Å². The molecule has 94 valence electrons. The fourth-order valence-electron chi connectivity index (χ4n) is 2.53. The van der Waals surface area contributed by atoms with Crippen molar-refractivity contribution in [2.24, 2.45) is 0 Å². The Balaban J connectivity index is 2.06. The van der Waals surface area contributed by atoms with E-state index in [2.05, 4.69) is 42.3 Å². The van der Waals surface area contributed by atoms with E-state index in [-0.39, 0.29) is 0 Å². The first-order chi connectivity index (χ1) is 8.20. The van der Waals surface area contributed by atoms with Crippen LogP contribution in [0.4, 0.5) is 5.69 Å². The van der Waals surface area contributed by atoms with Crippen LogP contribution in [-0.4, -0.2) is 26.2 Å². The highest BCUT2D eigenvalue weighted by Crippen LogP contribution is 2.28. The molecule has 2 rings (SSSR count). The van der Waals surface area contributed by atoms with Gasteiger partial charge in [0.25, 0.3) is 0 Å². The molecule has 0 radical (unpaired) electrons. The third-order valence-electron chi connectivity index (χ3n) is 3.77. The monoisotopic (exact) mass is 232 g/mol. The number of nitrogens with zero attached hydrogens (tertiary/aromatic N) is 1. The summed E-state index contributed by atoms with van der Waals surface area (Å²) >= 11 is 0. The standard InChI is InChI=1S/C15H24N2/c1-12-6-7-15-14(11-12)5-4-9-17(15)10-8-13(2)16-3/h6-7,11,13,16H,4-5,8-10H2,1-3H3. The van der Waals surface area contributed by atoms with E-state index in [4.69, 9.17) is 0 Å². The molecule has 1 aromatic carbocycles. The van der Waals surface area contributed by atoms with Crippen molar-refractivity contribution in [3.63, 3.8) is 0 Å². The number of hydrogen-bond donors (Lipinski definition) is 1. The number of anilines is 1. The molecule has 0 amide bonds. The summed E-state index contributed by atoms with van der Waals surface area (Å²) < 4.78 is 0. The average Bonchev–Trinajstić information content (AvgIpc) is 2.35. The number of fused-ring (bicyclic) bond motifs is 1. The molecule has 0 saturated carbocycles. The zero-order valence-electron chi connectivity index (χ0n) is 11.3. The van der Waals surface area contributed by atoms with Crippen molar-refractivity contribution in [2.75, 3.05) is 25.0 Å². The Hall–Kier alpha value is -1.02. The normalized spacial score (nSPS) is 16.8. The van der Waals surface area contributed by atoms with Crippen LogP contribution in [0.1, 0.15) is 30.9 Å². The summed E-state index contributed by atoms with van der Waals surface area (Å²) in [6.07, 6.45) is 3.75. The van der Waals surface area contributed by atoms with E-state index in [1.807, 2.05) is 7.05 Å². The molecule has 2 heteroatoms. The third kappa shape index (κ3) is 3.01. The molecule has 1 aromatic rings. The Kier molecular flexibility index (Phi) is 4.06. The zero-order valence-corrected chi connectivity index (χ0v) is 11.3. The smallest absolute Gasteiger partial charge is 0.0398 e. The number of nitrogens with one attached hydrogen (secondary N) is 1. The maximum Gasteiger partial charge on any atom is 0.0398 e. The Labute approximate surface area is 105 Å². The molecule has 0 saturated heterocycles. The summed E-state index contributed by atoms with van der Waals surface area (Å²) in [5, 5.41) is 3.31. The second kappa shape index (κ2) is 5.54. The van der Waals surface area contributed by atoms with Gasteiger partial charge in [0, 0.05) is 24.8 Å². The first-order valence-corrected chi connectivity index (χ1v) is 6.72. The lowest BCUT2D eigenvalue weighted by Crippen LogP contribution is -2.34. The minimum Gasteiger partial charge on any atom is -0.371 e. The second-order valence-electron chi connectivity index (χ2n) is 5.20. The van der Waals surface area contributed by atoms with Crippen LogP contribution >= 0.6 is 0 Å². The molecule has 0 aliphatic carbocycles. The molecule has 0 bridgehead atoms. The van der Waals surface area contributed by atoms with Crippen LogP contribution in [0.25, 0.3) is 0 Å². The van der Waals surface area contributed by atoms with Gasteiger partial charge in [0.15, 0.2) is 0 Å². The van der Waals surface area contributed by atoms with Gasteiger partial charge in [-0.2, -0.15) is 0 Å². The van der Waals surface area contributed by atoms with E-state index in [0.717, 1.165) is 6.54 Å². The molecular formula is C15H24N2. The first-order valence-electron chi connectivity index (χ1n) is 6.72. The van der Waals surface area contributed by atoms with Crippen molar-refractivity contribution in [3.05, 3.63) is 29.3 Å². The molecular weight excluding hydrogens is 208 g/mol. The van der Waals surface area contributed by atoms with E-state index in [0.29, 0.717) is 6.04 Å². The fraction of sp³-hybridized carbons (Fsp3) is 0.600. The van der Waals surface area contributed by atoms with Gasteiger partial charge in [-0.1, -0.05) is 17.7 Å². The maximum absolute atomic E-state index is 3.31. The molecule has 2 nitrogen and oxygen atoms in total. The van der Waals surface area contributed by atoms with Crippen LogP contribution in [0.5, 0.6) is 0 Å². The molecule has 1 unspecified atom stereocenters. The molecule has 0 spiro atoms. The Morgan fingerprint density at radius 3 is 3.00 bits per heavy atom. The van der Waals surface area contributed by atoms with Gasteiger partial charge in [0.2, 0.25) is 0 Å². The highest BCUT2D eigenvalue weighted by Gasteiger charge is 2.16. The highest BCUT2D eigenvalue weighted by molar-refractivity contribution is 5.56. The largest absolute Gasteiger partial charge is 0.371 e. The van der Waals surface area contributed by atoms with Gasteiger partial charge >= 0.3 is 0 Å². The predicted octanol–water partition coefficient (Wildman–Crippen LogP) is 2.75. The Bertz CT molecular complexity index is 373. The molecule has 0 fully saturated rings. The van der Waals surface area contributed by atoms with Crippen LogP contribution in [0, 0.1) is 6.92 Å². The molecule has 1 aliphatic heterocycles. The topological polar surface area (TPSA) is 15.3 Å². The van der Waals surface area contributed by atoms with Gasteiger partial charge in [-0.3, -0.25) is 0 Å². The SMILES string of the molecule is CNC(C)CCN1CCCc2cc(C)ccc21. The predicted molar refractivity (Wildman–Crippen MR) is 74.9 cm³/mol. The van der Waals surface area contributed by atoms with E-state index in [1.165, 1.54) is 42.6 Å². The quantitative estimate of drug-likeness (QED) is 0.858. The molecule has 1 atom stereocenters. The molecule has 1 heterocycles. The molecule has 1 N–H and O–H groups in total. The fourth-order valence-corrected chi connectivity index (χ4v) is 2.53. The van der Waals surface area contributed by atoms with Gasteiger partial charge in [0.1, 0.15) is 0 Å².